The Kier molecular flexibility index (Phi) is 4.79. The van der Waals surface area contributed by atoms with Crippen LogP contribution in [0.3, 0.4) is 0 Å². The maximum atomic E-state index is 12.2. The first-order valence-electron chi connectivity index (χ1n) is 6.49. The molecule has 0 heterocycles. The zero-order valence-corrected chi connectivity index (χ0v) is 11.6. The van der Waals surface area contributed by atoms with E-state index in [0.717, 1.165) is 5.56 Å². The molecule has 0 fully saturated rings. The number of phenolic OH excluding ortho intramolecular Hbond substituents is 1. The molecule has 110 valence electrons. The average molecular weight is 287 g/mol. The van der Waals surface area contributed by atoms with Crippen LogP contribution in [0.2, 0.25) is 0 Å². The van der Waals surface area contributed by atoms with Gasteiger partial charge in [0.2, 0.25) is 0 Å². The van der Waals surface area contributed by atoms with Gasteiger partial charge in [-0.1, -0.05) is 30.3 Å². The highest BCUT2D eigenvalue weighted by molar-refractivity contribution is 5.97. The number of benzene rings is 2. The van der Waals surface area contributed by atoms with Gasteiger partial charge in [-0.25, -0.2) is 0 Å². The van der Waals surface area contributed by atoms with Crippen LogP contribution in [0.1, 0.15) is 22.0 Å². The Bertz CT molecular complexity index is 613. The molecule has 2 aromatic rings. The zero-order chi connectivity index (χ0) is 15.2. The molecule has 0 aromatic heterocycles. The summed E-state index contributed by atoms with van der Waals surface area (Å²) in [5, 5.41) is 21.9. The third-order valence-corrected chi connectivity index (χ3v) is 3.14. The normalized spacial score (nSPS) is 11.7. The van der Waals surface area contributed by atoms with Gasteiger partial charge in [-0.15, -0.1) is 0 Å². The van der Waals surface area contributed by atoms with E-state index in [1.54, 1.807) is 6.07 Å². The van der Waals surface area contributed by atoms with Crippen molar-refractivity contribution in [2.45, 2.75) is 6.04 Å². The average Bonchev–Trinajstić information content (AvgIpc) is 2.53. The van der Waals surface area contributed by atoms with Gasteiger partial charge in [0, 0.05) is 0 Å². The lowest BCUT2D eigenvalue weighted by molar-refractivity contribution is 0.0913. The number of aliphatic hydroxyl groups is 1. The van der Waals surface area contributed by atoms with Gasteiger partial charge < -0.3 is 20.3 Å². The maximum absolute atomic E-state index is 12.2. The van der Waals surface area contributed by atoms with Crippen LogP contribution >= 0.6 is 0 Å². The van der Waals surface area contributed by atoms with Crippen molar-refractivity contribution in [1.82, 2.24) is 5.32 Å². The fraction of sp³-hybridized carbons (Fsp3) is 0.188. The topological polar surface area (TPSA) is 78.8 Å². The summed E-state index contributed by atoms with van der Waals surface area (Å²) in [6.45, 7) is -0.236. The second kappa shape index (κ2) is 6.76. The Hall–Kier alpha value is -2.53. The van der Waals surface area contributed by atoms with Crippen LogP contribution in [0.15, 0.2) is 48.5 Å². The van der Waals surface area contributed by atoms with Crippen LogP contribution in [-0.4, -0.2) is 29.8 Å². The maximum Gasteiger partial charge on any atom is 0.255 e. The molecule has 0 aliphatic carbocycles. The largest absolute Gasteiger partial charge is 0.507 e. The highest BCUT2D eigenvalue weighted by Crippen LogP contribution is 2.23. The predicted octanol–water partition coefficient (Wildman–Crippen LogP) is 1.86. The first-order valence-corrected chi connectivity index (χ1v) is 6.49. The lowest BCUT2D eigenvalue weighted by Gasteiger charge is -2.17. The number of hydrogen-bond donors (Lipinski definition) is 3. The number of carbonyl (C=O) groups is 1. The lowest BCUT2D eigenvalue weighted by Crippen LogP contribution is -2.30. The number of amides is 1. The van der Waals surface area contributed by atoms with E-state index in [1.165, 1.54) is 19.2 Å². The van der Waals surface area contributed by atoms with E-state index in [-0.39, 0.29) is 17.9 Å². The molecular formula is C16H17NO4. The molecule has 2 aromatic carbocycles. The summed E-state index contributed by atoms with van der Waals surface area (Å²) in [6, 6.07) is 13.0. The highest BCUT2D eigenvalue weighted by atomic mass is 16.5. The molecule has 1 amide bonds. The van der Waals surface area contributed by atoms with Crippen LogP contribution in [0.4, 0.5) is 0 Å². The molecule has 0 saturated carbocycles. The predicted molar refractivity (Wildman–Crippen MR) is 78.4 cm³/mol. The van der Waals surface area contributed by atoms with Crippen LogP contribution in [0.5, 0.6) is 11.5 Å². The third-order valence-electron chi connectivity index (χ3n) is 3.14. The van der Waals surface area contributed by atoms with E-state index in [1.807, 2.05) is 30.3 Å². The minimum atomic E-state index is -0.538. The molecule has 21 heavy (non-hydrogen) atoms. The summed E-state index contributed by atoms with van der Waals surface area (Å²) in [5.41, 5.74) is 0.888. The smallest absolute Gasteiger partial charge is 0.255 e. The van der Waals surface area contributed by atoms with E-state index < -0.39 is 11.9 Å². The lowest BCUT2D eigenvalue weighted by atomic mass is 10.1. The first kappa shape index (κ1) is 14.9. The number of rotatable bonds is 5. The monoisotopic (exact) mass is 287 g/mol. The molecule has 3 N–H and O–H groups in total. The first-order chi connectivity index (χ1) is 10.2. The van der Waals surface area contributed by atoms with Gasteiger partial charge >= 0.3 is 0 Å². The molecule has 1 unspecified atom stereocenters. The summed E-state index contributed by atoms with van der Waals surface area (Å²) < 4.78 is 5.04. The van der Waals surface area contributed by atoms with Gasteiger partial charge in [-0.2, -0.15) is 0 Å². The number of hydrogen-bond acceptors (Lipinski definition) is 4. The van der Waals surface area contributed by atoms with Gasteiger partial charge in [-0.3, -0.25) is 4.79 Å². The Morgan fingerprint density at radius 1 is 1.24 bits per heavy atom. The second-order valence-corrected chi connectivity index (χ2v) is 4.50. The van der Waals surface area contributed by atoms with Crippen molar-refractivity contribution >= 4 is 5.91 Å². The molecule has 2 rings (SSSR count). The Morgan fingerprint density at radius 3 is 2.57 bits per heavy atom. The molecule has 5 heteroatoms. The van der Waals surface area contributed by atoms with Crippen LogP contribution in [-0.2, 0) is 0 Å². The van der Waals surface area contributed by atoms with Crippen molar-refractivity contribution < 1.29 is 19.7 Å². The van der Waals surface area contributed by atoms with Crippen molar-refractivity contribution in [3.8, 4) is 11.5 Å². The minimum absolute atomic E-state index is 0.101. The fourth-order valence-electron chi connectivity index (χ4n) is 1.98. The van der Waals surface area contributed by atoms with Crippen molar-refractivity contribution in [3.05, 3.63) is 59.7 Å². The summed E-state index contributed by atoms with van der Waals surface area (Å²) in [6.07, 6.45) is 0. The molecule has 0 spiro atoms. The standard InChI is InChI=1S/C16H17NO4/c1-21-12-7-8-15(19)13(9-12)16(20)17-14(10-18)11-5-3-2-4-6-11/h2-9,14,18-19H,10H2,1H3,(H,17,20). The van der Waals surface area contributed by atoms with Crippen molar-refractivity contribution in [1.29, 1.82) is 0 Å². The Balaban J connectivity index is 2.20. The number of aliphatic hydroxyl groups excluding tert-OH is 1. The molecule has 5 nitrogen and oxygen atoms in total. The molecule has 0 aliphatic heterocycles. The zero-order valence-electron chi connectivity index (χ0n) is 11.6. The van der Waals surface area contributed by atoms with Gasteiger partial charge in [0.15, 0.2) is 0 Å². The third kappa shape index (κ3) is 3.52. The van der Waals surface area contributed by atoms with Crippen molar-refractivity contribution in [3.63, 3.8) is 0 Å². The van der Waals surface area contributed by atoms with E-state index in [0.29, 0.717) is 5.75 Å². The van der Waals surface area contributed by atoms with Gasteiger partial charge in [0.05, 0.1) is 25.3 Å². The SMILES string of the molecule is COc1ccc(O)c(C(=O)NC(CO)c2ccccc2)c1. The van der Waals surface area contributed by atoms with Gasteiger partial charge in [0.1, 0.15) is 11.5 Å². The number of carbonyl (C=O) groups excluding carboxylic acids is 1. The molecular weight excluding hydrogens is 270 g/mol. The minimum Gasteiger partial charge on any atom is -0.507 e. The number of aromatic hydroxyl groups is 1. The van der Waals surface area contributed by atoms with E-state index in [9.17, 15) is 15.0 Å². The van der Waals surface area contributed by atoms with Gasteiger partial charge in [-0.05, 0) is 23.8 Å². The molecule has 0 saturated heterocycles. The van der Waals surface area contributed by atoms with Crippen LogP contribution in [0, 0.1) is 0 Å². The number of phenols is 1. The number of nitrogens with one attached hydrogen (secondary N) is 1. The second-order valence-electron chi connectivity index (χ2n) is 4.50. The molecule has 0 bridgehead atoms. The molecule has 0 aliphatic rings. The Labute approximate surface area is 122 Å². The molecule has 1 atom stereocenters. The number of methoxy groups -OCH3 is 1. The summed E-state index contributed by atoms with van der Waals surface area (Å²) in [7, 11) is 1.48. The fourth-order valence-corrected chi connectivity index (χ4v) is 1.98. The van der Waals surface area contributed by atoms with Crippen molar-refractivity contribution in [2.24, 2.45) is 0 Å². The van der Waals surface area contributed by atoms with E-state index >= 15 is 0 Å². The summed E-state index contributed by atoms with van der Waals surface area (Å²) >= 11 is 0. The Morgan fingerprint density at radius 2 is 1.95 bits per heavy atom. The van der Waals surface area contributed by atoms with Crippen LogP contribution in [0.25, 0.3) is 0 Å². The summed E-state index contributed by atoms with van der Waals surface area (Å²) in [5.74, 6) is -0.148. The summed E-state index contributed by atoms with van der Waals surface area (Å²) in [4.78, 5) is 12.2. The highest BCUT2D eigenvalue weighted by Gasteiger charge is 2.17. The molecule has 0 radical (unpaired) electrons. The van der Waals surface area contributed by atoms with E-state index in [4.69, 9.17) is 4.74 Å². The van der Waals surface area contributed by atoms with Gasteiger partial charge in [0.25, 0.3) is 5.91 Å². The quantitative estimate of drug-likeness (QED) is 0.784. The number of ether oxygens (including phenoxy) is 1. The van der Waals surface area contributed by atoms with Crippen molar-refractivity contribution in [2.75, 3.05) is 13.7 Å². The van der Waals surface area contributed by atoms with Crippen LogP contribution < -0.4 is 10.1 Å². The van der Waals surface area contributed by atoms with E-state index in [2.05, 4.69) is 5.32 Å².